The molecule has 0 radical (unpaired) electrons. The molecule has 1 unspecified atom stereocenters. The molecule has 0 aliphatic heterocycles. The molecule has 0 bridgehead atoms. The Morgan fingerprint density at radius 2 is 2.40 bits per heavy atom. The third-order valence-corrected chi connectivity index (χ3v) is 2.75. The van der Waals surface area contributed by atoms with Crippen LogP contribution in [0.2, 0.25) is 0 Å². The molecule has 0 spiro atoms. The lowest BCUT2D eigenvalue weighted by molar-refractivity contribution is -0.154. The fraction of sp³-hybridized carbons (Fsp3) is 0.455. The zero-order valence-electron chi connectivity index (χ0n) is 8.59. The number of carbonyl (C=O) groups excluding carboxylic acids is 2. The second-order valence-corrected chi connectivity index (χ2v) is 4.84. The summed E-state index contributed by atoms with van der Waals surface area (Å²) in [5.74, 6) is -0.388. The maximum absolute atomic E-state index is 11.7. The van der Waals surface area contributed by atoms with E-state index in [-0.39, 0.29) is 18.2 Å². The minimum atomic E-state index is -0.763. The fourth-order valence-electron chi connectivity index (χ4n) is 1.83. The van der Waals surface area contributed by atoms with Crippen molar-refractivity contribution in [2.24, 2.45) is 5.41 Å². The van der Waals surface area contributed by atoms with Crippen LogP contribution in [0.4, 0.5) is 0 Å². The Hall–Kier alpha value is -0.900. The van der Waals surface area contributed by atoms with Gasteiger partial charge >= 0.3 is 5.97 Å². The Morgan fingerprint density at radius 1 is 1.73 bits per heavy atom. The quantitative estimate of drug-likeness (QED) is 0.741. The van der Waals surface area contributed by atoms with Crippen molar-refractivity contribution in [3.8, 4) is 0 Å². The van der Waals surface area contributed by atoms with Crippen molar-refractivity contribution in [2.75, 3.05) is 7.11 Å². The van der Waals surface area contributed by atoms with E-state index in [2.05, 4.69) is 22.5 Å². The molecule has 0 aromatic heterocycles. The summed E-state index contributed by atoms with van der Waals surface area (Å²) in [6.45, 7) is 3.71. The molecule has 1 aliphatic rings. The number of carbonyl (C=O) groups is 2. The van der Waals surface area contributed by atoms with Gasteiger partial charge < -0.3 is 4.74 Å². The van der Waals surface area contributed by atoms with Crippen molar-refractivity contribution < 1.29 is 14.3 Å². The van der Waals surface area contributed by atoms with Gasteiger partial charge in [0, 0.05) is 6.42 Å². The molecule has 1 aliphatic carbocycles. The standard InChI is InChI=1S/C11H13BrO3/c1-8(12)6-11(10(14)15-2)5-3-4-9(13)7-11/h3-4H,1,5-7H2,2H3. The second kappa shape index (κ2) is 4.75. The summed E-state index contributed by atoms with van der Waals surface area (Å²) in [6.07, 6.45) is 4.38. The number of ketones is 1. The lowest BCUT2D eigenvalue weighted by Crippen LogP contribution is -2.36. The number of halogens is 1. The molecule has 0 fully saturated rings. The minimum absolute atomic E-state index is 0.0413. The summed E-state index contributed by atoms with van der Waals surface area (Å²) >= 11 is 3.22. The van der Waals surface area contributed by atoms with Crippen molar-refractivity contribution in [2.45, 2.75) is 19.3 Å². The number of hydrogen-bond acceptors (Lipinski definition) is 3. The Bertz CT molecular complexity index is 333. The van der Waals surface area contributed by atoms with Crippen LogP contribution in [-0.4, -0.2) is 18.9 Å². The summed E-state index contributed by atoms with van der Waals surface area (Å²) in [4.78, 5) is 23.0. The Labute approximate surface area is 97.3 Å². The van der Waals surface area contributed by atoms with Gasteiger partial charge in [-0.15, -0.1) is 0 Å². The van der Waals surface area contributed by atoms with Crippen molar-refractivity contribution >= 4 is 27.7 Å². The first-order valence-corrected chi connectivity index (χ1v) is 5.40. The van der Waals surface area contributed by atoms with E-state index in [1.54, 1.807) is 6.08 Å². The molecule has 4 heteroatoms. The van der Waals surface area contributed by atoms with Gasteiger partial charge in [-0.3, -0.25) is 9.59 Å². The van der Waals surface area contributed by atoms with E-state index in [0.29, 0.717) is 17.3 Å². The highest BCUT2D eigenvalue weighted by Crippen LogP contribution is 2.39. The third kappa shape index (κ3) is 2.78. The van der Waals surface area contributed by atoms with Crippen LogP contribution in [0.15, 0.2) is 23.2 Å². The second-order valence-electron chi connectivity index (χ2n) is 3.72. The van der Waals surface area contributed by atoms with E-state index in [1.165, 1.54) is 13.2 Å². The van der Waals surface area contributed by atoms with Crippen LogP contribution >= 0.6 is 15.9 Å². The number of hydrogen-bond donors (Lipinski definition) is 0. The normalized spacial score (nSPS) is 25.1. The van der Waals surface area contributed by atoms with E-state index in [0.717, 1.165) is 0 Å². The van der Waals surface area contributed by atoms with Gasteiger partial charge in [0.15, 0.2) is 5.78 Å². The summed E-state index contributed by atoms with van der Waals surface area (Å²) in [5, 5.41) is 0. The zero-order chi connectivity index (χ0) is 11.5. The molecule has 0 N–H and O–H groups in total. The Morgan fingerprint density at radius 3 is 2.87 bits per heavy atom. The summed E-state index contributed by atoms with van der Waals surface area (Å²) < 4.78 is 5.46. The summed E-state index contributed by atoms with van der Waals surface area (Å²) in [6, 6.07) is 0. The number of allylic oxidation sites excluding steroid dienone is 3. The molecule has 0 heterocycles. The molecule has 3 nitrogen and oxygen atoms in total. The number of methoxy groups -OCH3 is 1. The fourth-order valence-corrected chi connectivity index (χ4v) is 2.36. The summed E-state index contributed by atoms with van der Waals surface area (Å²) in [5.41, 5.74) is -0.763. The van der Waals surface area contributed by atoms with Gasteiger partial charge in [0.1, 0.15) is 0 Å². The van der Waals surface area contributed by atoms with Crippen molar-refractivity contribution in [3.05, 3.63) is 23.2 Å². The van der Waals surface area contributed by atoms with Crippen molar-refractivity contribution in [1.29, 1.82) is 0 Å². The first-order chi connectivity index (χ1) is 7.00. The molecule has 0 aromatic carbocycles. The van der Waals surface area contributed by atoms with Gasteiger partial charge in [-0.2, -0.15) is 0 Å². The van der Waals surface area contributed by atoms with E-state index < -0.39 is 5.41 Å². The monoisotopic (exact) mass is 272 g/mol. The van der Waals surface area contributed by atoms with Crippen LogP contribution in [0, 0.1) is 5.41 Å². The molecule has 0 amide bonds. The lowest BCUT2D eigenvalue weighted by Gasteiger charge is -2.30. The van der Waals surface area contributed by atoms with Gasteiger partial charge in [0.2, 0.25) is 0 Å². The lowest BCUT2D eigenvalue weighted by atomic mass is 9.74. The Kier molecular flexibility index (Phi) is 3.85. The van der Waals surface area contributed by atoms with Gasteiger partial charge in [-0.25, -0.2) is 0 Å². The molecule has 15 heavy (non-hydrogen) atoms. The van der Waals surface area contributed by atoms with Crippen LogP contribution in [0.25, 0.3) is 0 Å². The molecule has 0 saturated carbocycles. The first kappa shape index (κ1) is 12.2. The smallest absolute Gasteiger partial charge is 0.312 e. The molecule has 0 saturated heterocycles. The molecule has 0 aromatic rings. The average Bonchev–Trinajstić information content (AvgIpc) is 2.15. The van der Waals surface area contributed by atoms with Crippen LogP contribution in [0.1, 0.15) is 19.3 Å². The predicted octanol–water partition coefficient (Wildman–Crippen LogP) is 2.36. The highest BCUT2D eigenvalue weighted by Gasteiger charge is 2.41. The van der Waals surface area contributed by atoms with Crippen LogP contribution in [-0.2, 0) is 14.3 Å². The molecular weight excluding hydrogens is 260 g/mol. The van der Waals surface area contributed by atoms with E-state index in [4.69, 9.17) is 4.74 Å². The Balaban J connectivity index is 2.96. The number of rotatable bonds is 3. The maximum atomic E-state index is 11.7. The summed E-state index contributed by atoms with van der Waals surface area (Å²) in [7, 11) is 1.34. The SMILES string of the molecule is C=C(Br)CC1(C(=O)OC)CC=CC(=O)C1. The van der Waals surface area contributed by atoms with Gasteiger partial charge in [-0.1, -0.05) is 28.6 Å². The van der Waals surface area contributed by atoms with Gasteiger partial charge in [-0.05, 0) is 23.4 Å². The highest BCUT2D eigenvalue weighted by atomic mass is 79.9. The third-order valence-electron chi connectivity index (χ3n) is 2.47. The van der Waals surface area contributed by atoms with Gasteiger partial charge in [0.25, 0.3) is 0 Å². The number of ether oxygens (including phenoxy) is 1. The molecule has 1 rings (SSSR count). The van der Waals surface area contributed by atoms with Gasteiger partial charge in [0.05, 0.1) is 12.5 Å². The van der Waals surface area contributed by atoms with E-state index >= 15 is 0 Å². The number of esters is 1. The first-order valence-electron chi connectivity index (χ1n) is 4.61. The zero-order valence-corrected chi connectivity index (χ0v) is 10.2. The molecule has 82 valence electrons. The largest absolute Gasteiger partial charge is 0.469 e. The van der Waals surface area contributed by atoms with Crippen molar-refractivity contribution in [3.63, 3.8) is 0 Å². The minimum Gasteiger partial charge on any atom is -0.469 e. The van der Waals surface area contributed by atoms with Crippen LogP contribution < -0.4 is 0 Å². The van der Waals surface area contributed by atoms with Crippen LogP contribution in [0.3, 0.4) is 0 Å². The average molecular weight is 273 g/mol. The molecular formula is C11H13BrO3. The van der Waals surface area contributed by atoms with E-state index in [1.807, 2.05) is 0 Å². The maximum Gasteiger partial charge on any atom is 0.312 e. The topological polar surface area (TPSA) is 43.4 Å². The van der Waals surface area contributed by atoms with E-state index in [9.17, 15) is 9.59 Å². The van der Waals surface area contributed by atoms with Crippen molar-refractivity contribution in [1.82, 2.24) is 0 Å². The predicted molar refractivity (Wildman–Crippen MR) is 60.5 cm³/mol. The highest BCUT2D eigenvalue weighted by molar-refractivity contribution is 9.11. The molecule has 1 atom stereocenters. The van der Waals surface area contributed by atoms with Crippen LogP contribution in [0.5, 0.6) is 0 Å².